The number of aliphatic imine (C=N–C) groups is 1. The molecule has 30 heavy (non-hydrogen) atoms. The van der Waals surface area contributed by atoms with Crippen LogP contribution in [-0.4, -0.2) is 50.8 Å². The Morgan fingerprint density at radius 3 is 2.80 bits per heavy atom. The summed E-state index contributed by atoms with van der Waals surface area (Å²) in [6.45, 7) is 4.75. The van der Waals surface area contributed by atoms with Crippen LogP contribution in [0.25, 0.3) is 10.9 Å². The molecule has 1 aliphatic heterocycles. The van der Waals surface area contributed by atoms with Crippen LogP contribution >= 0.6 is 0 Å². The van der Waals surface area contributed by atoms with Crippen LogP contribution in [-0.2, 0) is 17.7 Å². The molecule has 6 nitrogen and oxygen atoms in total. The summed E-state index contributed by atoms with van der Waals surface area (Å²) in [5, 5.41) is 7.69. The summed E-state index contributed by atoms with van der Waals surface area (Å²) in [6, 6.07) is 13.3. The second-order valence-electron chi connectivity index (χ2n) is 7.33. The van der Waals surface area contributed by atoms with Crippen molar-refractivity contribution in [1.29, 1.82) is 0 Å². The summed E-state index contributed by atoms with van der Waals surface area (Å²) >= 11 is 0. The van der Waals surface area contributed by atoms with Crippen molar-refractivity contribution in [2.45, 2.75) is 13.0 Å². The predicted molar refractivity (Wildman–Crippen MR) is 120 cm³/mol. The van der Waals surface area contributed by atoms with Crippen molar-refractivity contribution >= 4 is 22.5 Å². The van der Waals surface area contributed by atoms with Crippen LogP contribution in [0.2, 0.25) is 0 Å². The molecule has 0 aliphatic carbocycles. The maximum Gasteiger partial charge on any atom is 0.191 e. The lowest BCUT2D eigenvalue weighted by atomic mass is 10.1. The van der Waals surface area contributed by atoms with Gasteiger partial charge in [-0.1, -0.05) is 18.2 Å². The number of guanidine groups is 1. The number of aromatic nitrogens is 1. The number of hydrogen-bond donors (Lipinski definition) is 3. The zero-order valence-corrected chi connectivity index (χ0v) is 17.2. The van der Waals surface area contributed by atoms with Gasteiger partial charge in [0.15, 0.2) is 5.96 Å². The Morgan fingerprint density at radius 2 is 1.97 bits per heavy atom. The Hall–Kier alpha value is -3.06. The van der Waals surface area contributed by atoms with Crippen molar-refractivity contribution in [1.82, 2.24) is 15.6 Å². The molecule has 0 spiro atoms. The van der Waals surface area contributed by atoms with Gasteiger partial charge < -0.3 is 25.3 Å². The molecule has 2 aromatic carbocycles. The summed E-state index contributed by atoms with van der Waals surface area (Å²) in [6.07, 6.45) is 2.72. The first-order valence-corrected chi connectivity index (χ1v) is 10.4. The molecule has 7 heteroatoms. The van der Waals surface area contributed by atoms with Crippen LogP contribution in [0.4, 0.5) is 10.1 Å². The summed E-state index contributed by atoms with van der Waals surface area (Å²) in [4.78, 5) is 9.90. The van der Waals surface area contributed by atoms with Crippen molar-refractivity contribution in [3.8, 4) is 0 Å². The molecule has 1 saturated heterocycles. The Kier molecular flexibility index (Phi) is 6.49. The fraction of sp³-hybridized carbons (Fsp3) is 0.348. The van der Waals surface area contributed by atoms with Crippen LogP contribution in [0, 0.1) is 5.82 Å². The lowest BCUT2D eigenvalue weighted by molar-refractivity contribution is 0.122. The SMILES string of the molecule is CN=C(NCCc1c[nH]c2ccc(F)cc12)NCc1ccccc1N1CCOCC1. The minimum Gasteiger partial charge on any atom is -0.378 e. The molecule has 1 aromatic heterocycles. The van der Waals surface area contributed by atoms with Crippen molar-refractivity contribution in [2.75, 3.05) is 44.8 Å². The topological polar surface area (TPSA) is 64.7 Å². The normalized spacial score (nSPS) is 14.9. The number of nitrogens with zero attached hydrogens (tertiary/aromatic N) is 2. The lowest BCUT2D eigenvalue weighted by Gasteiger charge is -2.30. The minimum atomic E-state index is -0.215. The monoisotopic (exact) mass is 409 g/mol. The molecule has 2 heterocycles. The Morgan fingerprint density at radius 1 is 1.13 bits per heavy atom. The van der Waals surface area contributed by atoms with E-state index in [4.69, 9.17) is 4.74 Å². The minimum absolute atomic E-state index is 0.215. The molecule has 1 fully saturated rings. The van der Waals surface area contributed by atoms with E-state index in [2.05, 4.69) is 49.8 Å². The van der Waals surface area contributed by atoms with Crippen LogP contribution in [0.3, 0.4) is 0 Å². The summed E-state index contributed by atoms with van der Waals surface area (Å²) in [5.41, 5.74) is 4.51. The maximum absolute atomic E-state index is 13.6. The molecule has 0 amide bonds. The van der Waals surface area contributed by atoms with Gasteiger partial charge in [0, 0.05) is 56.0 Å². The van der Waals surface area contributed by atoms with Crippen LogP contribution < -0.4 is 15.5 Å². The molecule has 0 radical (unpaired) electrons. The number of rotatable bonds is 6. The Bertz CT molecular complexity index is 1010. The zero-order valence-electron chi connectivity index (χ0n) is 17.2. The molecule has 158 valence electrons. The van der Waals surface area contributed by atoms with Gasteiger partial charge in [0.05, 0.1) is 13.2 Å². The Labute approximate surface area is 176 Å². The first-order valence-electron chi connectivity index (χ1n) is 10.4. The number of ether oxygens (including phenoxy) is 1. The lowest BCUT2D eigenvalue weighted by Crippen LogP contribution is -2.39. The standard InChI is InChI=1S/C23H28FN5O/c1-25-23(26-9-8-17-15-27-21-7-6-19(24)14-20(17)21)28-16-18-4-2-3-5-22(18)29-10-12-30-13-11-29/h2-7,14-15,27H,8-13,16H2,1H3,(H2,25,26,28). The van der Waals surface area contributed by atoms with Crippen LogP contribution in [0.1, 0.15) is 11.1 Å². The highest BCUT2D eigenvalue weighted by atomic mass is 19.1. The number of H-pyrrole nitrogens is 1. The number of para-hydroxylation sites is 1. The summed E-state index contributed by atoms with van der Waals surface area (Å²) in [7, 11) is 1.77. The largest absolute Gasteiger partial charge is 0.378 e. The highest BCUT2D eigenvalue weighted by Gasteiger charge is 2.14. The molecule has 0 bridgehead atoms. The molecule has 0 atom stereocenters. The molecular formula is C23H28FN5O. The van der Waals surface area contributed by atoms with Crippen molar-refractivity contribution in [3.05, 3.63) is 65.6 Å². The molecule has 0 unspecified atom stereocenters. The van der Waals surface area contributed by atoms with Gasteiger partial charge in [-0.25, -0.2) is 4.39 Å². The third-order valence-electron chi connectivity index (χ3n) is 5.43. The smallest absolute Gasteiger partial charge is 0.191 e. The van der Waals surface area contributed by atoms with Crippen molar-refractivity contribution in [3.63, 3.8) is 0 Å². The van der Waals surface area contributed by atoms with E-state index in [0.717, 1.165) is 55.2 Å². The number of hydrogen-bond acceptors (Lipinski definition) is 3. The predicted octanol–water partition coefficient (Wildman–Crippen LogP) is 3.05. The second-order valence-corrected chi connectivity index (χ2v) is 7.33. The van der Waals surface area contributed by atoms with Gasteiger partial charge in [-0.05, 0) is 41.8 Å². The van der Waals surface area contributed by atoms with E-state index in [1.165, 1.54) is 17.3 Å². The number of halogens is 1. The number of morpholine rings is 1. The third-order valence-corrected chi connectivity index (χ3v) is 5.43. The molecule has 3 N–H and O–H groups in total. The zero-order chi connectivity index (χ0) is 20.8. The summed E-state index contributed by atoms with van der Waals surface area (Å²) in [5.74, 6) is 0.533. The van der Waals surface area contributed by atoms with Crippen molar-refractivity contribution < 1.29 is 9.13 Å². The van der Waals surface area contributed by atoms with Crippen LogP contribution in [0.15, 0.2) is 53.7 Å². The highest BCUT2D eigenvalue weighted by molar-refractivity contribution is 5.83. The molecular weight excluding hydrogens is 381 g/mol. The van der Waals surface area contributed by atoms with E-state index < -0.39 is 0 Å². The molecule has 0 saturated carbocycles. The first-order chi connectivity index (χ1) is 14.7. The first kappa shape index (κ1) is 20.2. The van der Waals surface area contributed by atoms with Gasteiger partial charge in [0.1, 0.15) is 5.82 Å². The van der Waals surface area contributed by atoms with Gasteiger partial charge in [-0.2, -0.15) is 0 Å². The average Bonchev–Trinajstić information content (AvgIpc) is 3.19. The van der Waals surface area contributed by atoms with E-state index in [0.29, 0.717) is 13.1 Å². The molecule has 3 aromatic rings. The van der Waals surface area contributed by atoms with Gasteiger partial charge in [0.2, 0.25) is 0 Å². The van der Waals surface area contributed by atoms with Gasteiger partial charge in [-0.3, -0.25) is 4.99 Å². The van der Waals surface area contributed by atoms with E-state index in [1.54, 1.807) is 19.2 Å². The van der Waals surface area contributed by atoms with E-state index in [9.17, 15) is 4.39 Å². The number of aromatic amines is 1. The number of benzene rings is 2. The third kappa shape index (κ3) is 4.74. The number of anilines is 1. The van der Waals surface area contributed by atoms with Gasteiger partial charge in [-0.15, -0.1) is 0 Å². The van der Waals surface area contributed by atoms with E-state index in [-0.39, 0.29) is 5.82 Å². The Balaban J connectivity index is 1.33. The average molecular weight is 410 g/mol. The summed E-state index contributed by atoms with van der Waals surface area (Å²) < 4.78 is 19.0. The quantitative estimate of drug-likeness (QED) is 0.433. The highest BCUT2D eigenvalue weighted by Crippen LogP contribution is 2.21. The second kappa shape index (κ2) is 9.63. The van der Waals surface area contributed by atoms with Gasteiger partial charge >= 0.3 is 0 Å². The number of fused-ring (bicyclic) bond motifs is 1. The maximum atomic E-state index is 13.6. The van der Waals surface area contributed by atoms with Gasteiger partial charge in [0.25, 0.3) is 0 Å². The van der Waals surface area contributed by atoms with Crippen LogP contribution in [0.5, 0.6) is 0 Å². The number of nitrogens with one attached hydrogen (secondary N) is 3. The fourth-order valence-corrected chi connectivity index (χ4v) is 3.85. The molecule has 1 aliphatic rings. The van der Waals surface area contributed by atoms with E-state index in [1.807, 2.05) is 6.20 Å². The molecule has 4 rings (SSSR count). The fourth-order valence-electron chi connectivity index (χ4n) is 3.85. The van der Waals surface area contributed by atoms with Crippen molar-refractivity contribution in [2.24, 2.45) is 4.99 Å². The van der Waals surface area contributed by atoms with E-state index >= 15 is 0 Å².